The Kier molecular flexibility index (Phi) is 3.33. The van der Waals surface area contributed by atoms with E-state index in [1.807, 2.05) is 31.2 Å². The van der Waals surface area contributed by atoms with Crippen LogP contribution in [0.1, 0.15) is 20.3 Å². The number of hydrogen-bond donors (Lipinski definition) is 0. The largest absolute Gasteiger partial charge is 0.300 e. The van der Waals surface area contributed by atoms with E-state index < -0.39 is 0 Å². The number of carbonyl (C=O) groups is 1. The lowest BCUT2D eigenvalue weighted by molar-refractivity contribution is -0.115. The van der Waals surface area contributed by atoms with E-state index in [-0.39, 0.29) is 5.78 Å². The molecule has 0 spiro atoms. The smallest absolute Gasteiger partial charge is 0.135 e. The molecule has 2 heteroatoms. The van der Waals surface area contributed by atoms with E-state index in [1.54, 1.807) is 6.92 Å². The molecular formula is C15H15NO. The second-order valence-corrected chi connectivity index (χ2v) is 4.22. The highest BCUT2D eigenvalue weighted by atomic mass is 16.1. The topological polar surface area (TPSA) is 29.4 Å². The molecule has 0 aliphatic carbocycles. The van der Waals surface area contributed by atoms with Crippen molar-refractivity contribution in [3.63, 3.8) is 0 Å². The van der Waals surface area contributed by atoms with E-state index in [0.29, 0.717) is 6.42 Å². The Bertz CT molecular complexity index is 579. The van der Waals surface area contributed by atoms with Crippen molar-refractivity contribution in [1.82, 2.24) is 0 Å². The molecule has 2 aromatic rings. The first-order chi connectivity index (χ1) is 8.16. The predicted octanol–water partition coefficient (Wildman–Crippen LogP) is 3.91. The molecule has 17 heavy (non-hydrogen) atoms. The molecule has 0 radical (unpaired) electrons. The number of fused-ring (bicyclic) bond motifs is 1. The van der Waals surface area contributed by atoms with E-state index in [4.69, 9.17) is 0 Å². The summed E-state index contributed by atoms with van der Waals surface area (Å²) in [5.41, 5.74) is 1.79. The molecule has 0 fully saturated rings. The zero-order valence-corrected chi connectivity index (χ0v) is 10.1. The number of nitrogens with zero attached hydrogens (tertiary/aromatic N) is 1. The molecule has 2 rings (SSSR count). The minimum Gasteiger partial charge on any atom is -0.300 e. The number of carbonyl (C=O) groups excluding carboxylic acids is 1. The fraction of sp³-hybridized carbons (Fsp3) is 0.200. The zero-order chi connectivity index (χ0) is 12.3. The molecule has 0 aromatic heterocycles. The van der Waals surface area contributed by atoms with Gasteiger partial charge in [0.25, 0.3) is 0 Å². The van der Waals surface area contributed by atoms with Crippen molar-refractivity contribution >= 4 is 28.0 Å². The average molecular weight is 225 g/mol. The van der Waals surface area contributed by atoms with Gasteiger partial charge in [0, 0.05) is 17.5 Å². The first-order valence-corrected chi connectivity index (χ1v) is 5.68. The van der Waals surface area contributed by atoms with Crippen LogP contribution in [0.4, 0.5) is 5.69 Å². The van der Waals surface area contributed by atoms with Crippen molar-refractivity contribution in [2.75, 3.05) is 0 Å². The number of Topliss-reactive ketones (excluding diaryl/α,β-unsaturated/α-hetero) is 1. The van der Waals surface area contributed by atoms with Crippen LogP contribution >= 0.6 is 0 Å². The van der Waals surface area contributed by atoms with Gasteiger partial charge in [-0.1, -0.05) is 36.4 Å². The van der Waals surface area contributed by atoms with Gasteiger partial charge in [0.05, 0.1) is 5.69 Å². The molecule has 86 valence electrons. The maximum Gasteiger partial charge on any atom is 0.135 e. The van der Waals surface area contributed by atoms with Gasteiger partial charge in [-0.3, -0.25) is 9.79 Å². The van der Waals surface area contributed by atoms with Gasteiger partial charge >= 0.3 is 0 Å². The minimum absolute atomic E-state index is 0.145. The average Bonchev–Trinajstić information content (AvgIpc) is 2.28. The van der Waals surface area contributed by atoms with Gasteiger partial charge < -0.3 is 0 Å². The van der Waals surface area contributed by atoms with Gasteiger partial charge in [-0.25, -0.2) is 0 Å². The molecule has 0 saturated carbocycles. The highest BCUT2D eigenvalue weighted by molar-refractivity contribution is 6.03. The number of benzene rings is 2. The highest BCUT2D eigenvalue weighted by Crippen LogP contribution is 2.25. The molecule has 0 heterocycles. The Morgan fingerprint density at radius 3 is 2.53 bits per heavy atom. The molecule has 0 amide bonds. The van der Waals surface area contributed by atoms with Crippen LogP contribution in [0.2, 0.25) is 0 Å². The van der Waals surface area contributed by atoms with Gasteiger partial charge in [0.15, 0.2) is 0 Å². The molecule has 0 aliphatic heterocycles. The fourth-order valence-electron chi connectivity index (χ4n) is 1.91. The van der Waals surface area contributed by atoms with E-state index >= 15 is 0 Å². The van der Waals surface area contributed by atoms with Crippen LogP contribution < -0.4 is 0 Å². The molecule has 0 unspecified atom stereocenters. The van der Waals surface area contributed by atoms with Crippen LogP contribution in [0, 0.1) is 0 Å². The molecule has 2 nitrogen and oxygen atoms in total. The van der Waals surface area contributed by atoms with Crippen LogP contribution in [-0.4, -0.2) is 11.5 Å². The summed E-state index contributed by atoms with van der Waals surface area (Å²) in [7, 11) is 0. The first kappa shape index (κ1) is 11.5. The second-order valence-electron chi connectivity index (χ2n) is 4.22. The van der Waals surface area contributed by atoms with Crippen LogP contribution in [0.5, 0.6) is 0 Å². The SMILES string of the molecule is CC(=O)C/C(C)=N/c1cccc2ccccc12. The Labute approximate surface area is 101 Å². The lowest BCUT2D eigenvalue weighted by Crippen LogP contribution is -1.99. The first-order valence-electron chi connectivity index (χ1n) is 5.68. The third kappa shape index (κ3) is 2.78. The zero-order valence-electron chi connectivity index (χ0n) is 10.1. The Hall–Kier alpha value is -1.96. The van der Waals surface area contributed by atoms with Crippen LogP contribution in [0.15, 0.2) is 47.5 Å². The summed E-state index contributed by atoms with van der Waals surface area (Å²) < 4.78 is 0. The Balaban J connectivity index is 2.45. The lowest BCUT2D eigenvalue weighted by Gasteiger charge is -2.03. The van der Waals surface area contributed by atoms with Crippen molar-refractivity contribution in [3.05, 3.63) is 42.5 Å². The predicted molar refractivity (Wildman–Crippen MR) is 72.0 cm³/mol. The molecule has 2 aromatic carbocycles. The molecule has 0 saturated heterocycles. The molecule has 0 bridgehead atoms. The van der Waals surface area contributed by atoms with Crippen LogP contribution in [0.25, 0.3) is 10.8 Å². The normalized spacial score (nSPS) is 11.8. The third-order valence-electron chi connectivity index (χ3n) is 2.58. The van der Waals surface area contributed by atoms with Crippen molar-refractivity contribution in [1.29, 1.82) is 0 Å². The number of hydrogen-bond acceptors (Lipinski definition) is 2. The minimum atomic E-state index is 0.145. The summed E-state index contributed by atoms with van der Waals surface area (Å²) >= 11 is 0. The van der Waals surface area contributed by atoms with Crippen molar-refractivity contribution in [2.45, 2.75) is 20.3 Å². The summed E-state index contributed by atoms with van der Waals surface area (Å²) in [5.74, 6) is 0.145. The molecule has 0 aliphatic rings. The van der Waals surface area contributed by atoms with Crippen molar-refractivity contribution in [2.24, 2.45) is 4.99 Å². The van der Waals surface area contributed by atoms with E-state index in [0.717, 1.165) is 16.8 Å². The number of ketones is 1. The number of aliphatic imine (C=N–C) groups is 1. The Morgan fingerprint density at radius 2 is 1.76 bits per heavy atom. The summed E-state index contributed by atoms with van der Waals surface area (Å²) in [4.78, 5) is 15.6. The lowest BCUT2D eigenvalue weighted by atomic mass is 10.1. The van der Waals surface area contributed by atoms with Gasteiger partial charge in [-0.05, 0) is 25.3 Å². The van der Waals surface area contributed by atoms with Crippen LogP contribution in [0.3, 0.4) is 0 Å². The number of rotatable bonds is 3. The van der Waals surface area contributed by atoms with Gasteiger partial charge in [0.1, 0.15) is 5.78 Å². The van der Waals surface area contributed by atoms with Gasteiger partial charge in [-0.2, -0.15) is 0 Å². The van der Waals surface area contributed by atoms with Gasteiger partial charge in [-0.15, -0.1) is 0 Å². The van der Waals surface area contributed by atoms with E-state index in [1.165, 1.54) is 5.39 Å². The van der Waals surface area contributed by atoms with E-state index in [2.05, 4.69) is 23.2 Å². The van der Waals surface area contributed by atoms with Gasteiger partial charge in [0.2, 0.25) is 0 Å². The maximum absolute atomic E-state index is 11.0. The van der Waals surface area contributed by atoms with Crippen molar-refractivity contribution < 1.29 is 4.79 Å². The standard InChI is InChI=1S/C15H15NO/c1-11(10-12(2)17)16-15-9-5-7-13-6-3-4-8-14(13)15/h3-9H,10H2,1-2H3/b16-11+. The quantitative estimate of drug-likeness (QED) is 0.728. The van der Waals surface area contributed by atoms with Crippen LogP contribution in [-0.2, 0) is 4.79 Å². The fourth-order valence-corrected chi connectivity index (χ4v) is 1.91. The maximum atomic E-state index is 11.0. The molecular weight excluding hydrogens is 210 g/mol. The summed E-state index contributed by atoms with van der Waals surface area (Å²) in [6.45, 7) is 3.48. The molecule has 0 atom stereocenters. The summed E-state index contributed by atoms with van der Waals surface area (Å²) in [5, 5.41) is 2.29. The third-order valence-corrected chi connectivity index (χ3v) is 2.58. The van der Waals surface area contributed by atoms with Crippen molar-refractivity contribution in [3.8, 4) is 0 Å². The molecule has 0 N–H and O–H groups in total. The second kappa shape index (κ2) is 4.91. The van der Waals surface area contributed by atoms with E-state index in [9.17, 15) is 4.79 Å². The highest BCUT2D eigenvalue weighted by Gasteiger charge is 2.01. The monoisotopic (exact) mass is 225 g/mol. The summed E-state index contributed by atoms with van der Waals surface area (Å²) in [6, 6.07) is 14.2. The Morgan fingerprint density at radius 1 is 1.06 bits per heavy atom. The summed E-state index contributed by atoms with van der Waals surface area (Å²) in [6.07, 6.45) is 0.420.